The van der Waals surface area contributed by atoms with Crippen LogP contribution >= 0.6 is 11.6 Å². The third-order valence-electron chi connectivity index (χ3n) is 5.22. The van der Waals surface area contributed by atoms with Gasteiger partial charge in [0.15, 0.2) is 0 Å². The number of hydrogen-bond acceptors (Lipinski definition) is 6. The summed E-state index contributed by atoms with van der Waals surface area (Å²) in [4.78, 5) is 13.2. The van der Waals surface area contributed by atoms with Gasteiger partial charge in [0.2, 0.25) is 5.95 Å². The van der Waals surface area contributed by atoms with Crippen LogP contribution in [0.5, 0.6) is 0 Å². The second-order valence-electron chi connectivity index (χ2n) is 6.94. The van der Waals surface area contributed by atoms with E-state index < -0.39 is 9.84 Å². The number of likely N-dealkylation sites (tertiary alicyclic amines) is 1. The van der Waals surface area contributed by atoms with E-state index in [1.807, 2.05) is 7.05 Å². The highest BCUT2D eigenvalue weighted by Crippen LogP contribution is 2.24. The molecule has 134 valence electrons. The van der Waals surface area contributed by atoms with E-state index >= 15 is 0 Å². The Hall–Kier alpha value is -0.920. The second kappa shape index (κ2) is 7.54. The molecule has 0 aliphatic carbocycles. The van der Waals surface area contributed by atoms with Crippen molar-refractivity contribution in [2.75, 3.05) is 43.1 Å². The van der Waals surface area contributed by atoms with Crippen LogP contribution in [0, 0.1) is 5.92 Å². The molecule has 0 atom stereocenters. The van der Waals surface area contributed by atoms with Crippen molar-refractivity contribution in [3.8, 4) is 0 Å². The SMILES string of the molecule is CN(c1ncc(Cl)cn1)C1CCN(CC2CCS(=O)(=O)CC2)CC1. The fourth-order valence-corrected chi connectivity index (χ4v) is 5.31. The molecule has 0 amide bonds. The topological polar surface area (TPSA) is 66.4 Å². The second-order valence-corrected chi connectivity index (χ2v) is 9.68. The summed E-state index contributed by atoms with van der Waals surface area (Å²) in [6.45, 7) is 3.13. The predicted molar refractivity (Wildman–Crippen MR) is 96.3 cm³/mol. The lowest BCUT2D eigenvalue weighted by atomic mass is 9.98. The number of sulfone groups is 1. The van der Waals surface area contributed by atoms with Gasteiger partial charge in [0.1, 0.15) is 9.84 Å². The number of hydrogen-bond donors (Lipinski definition) is 0. The van der Waals surface area contributed by atoms with Crippen molar-refractivity contribution in [3.05, 3.63) is 17.4 Å². The van der Waals surface area contributed by atoms with Gasteiger partial charge in [-0.1, -0.05) is 11.6 Å². The number of piperidine rings is 1. The van der Waals surface area contributed by atoms with Crippen LogP contribution in [0.4, 0.5) is 5.95 Å². The van der Waals surface area contributed by atoms with E-state index in [0.29, 0.717) is 28.5 Å². The highest BCUT2D eigenvalue weighted by molar-refractivity contribution is 7.91. The van der Waals surface area contributed by atoms with Crippen molar-refractivity contribution in [2.45, 2.75) is 31.7 Å². The van der Waals surface area contributed by atoms with Gasteiger partial charge in [-0.15, -0.1) is 0 Å². The highest BCUT2D eigenvalue weighted by atomic mass is 35.5. The zero-order chi connectivity index (χ0) is 17.2. The number of aromatic nitrogens is 2. The largest absolute Gasteiger partial charge is 0.341 e. The number of rotatable bonds is 4. The van der Waals surface area contributed by atoms with Crippen LogP contribution in [0.1, 0.15) is 25.7 Å². The van der Waals surface area contributed by atoms with Crippen LogP contribution in [0.3, 0.4) is 0 Å². The van der Waals surface area contributed by atoms with E-state index in [1.54, 1.807) is 12.4 Å². The van der Waals surface area contributed by atoms with Gasteiger partial charge in [-0.05, 0) is 31.6 Å². The Bertz CT molecular complexity index is 631. The first-order valence-corrected chi connectivity index (χ1v) is 10.8. The first-order valence-electron chi connectivity index (χ1n) is 8.56. The molecule has 0 bridgehead atoms. The highest BCUT2D eigenvalue weighted by Gasteiger charge is 2.28. The molecular formula is C16H25ClN4O2S. The quantitative estimate of drug-likeness (QED) is 0.803. The van der Waals surface area contributed by atoms with Crippen molar-refractivity contribution in [2.24, 2.45) is 5.92 Å². The van der Waals surface area contributed by atoms with Crippen molar-refractivity contribution in [1.29, 1.82) is 0 Å². The van der Waals surface area contributed by atoms with Crippen LogP contribution < -0.4 is 4.90 Å². The summed E-state index contributed by atoms with van der Waals surface area (Å²) in [5.74, 6) is 1.98. The van der Waals surface area contributed by atoms with E-state index in [2.05, 4.69) is 19.8 Å². The Balaban J connectivity index is 1.46. The molecule has 3 rings (SSSR count). The molecule has 0 N–H and O–H groups in total. The first kappa shape index (κ1) is 17.9. The molecule has 3 heterocycles. The average molecular weight is 373 g/mol. The lowest BCUT2D eigenvalue weighted by molar-refractivity contribution is 0.176. The van der Waals surface area contributed by atoms with Crippen LogP contribution in [0.25, 0.3) is 0 Å². The monoisotopic (exact) mass is 372 g/mol. The minimum atomic E-state index is -2.76. The zero-order valence-corrected chi connectivity index (χ0v) is 15.6. The molecule has 2 aliphatic heterocycles. The molecule has 2 fully saturated rings. The van der Waals surface area contributed by atoms with Crippen molar-refractivity contribution >= 4 is 27.4 Å². The minimum Gasteiger partial charge on any atom is -0.341 e. The van der Waals surface area contributed by atoms with Crippen LogP contribution in [0.2, 0.25) is 5.02 Å². The molecular weight excluding hydrogens is 348 g/mol. The van der Waals surface area contributed by atoms with Gasteiger partial charge in [0, 0.05) is 32.7 Å². The van der Waals surface area contributed by atoms with E-state index in [-0.39, 0.29) is 0 Å². The van der Waals surface area contributed by atoms with Crippen molar-refractivity contribution in [3.63, 3.8) is 0 Å². The van der Waals surface area contributed by atoms with Crippen LogP contribution in [-0.2, 0) is 9.84 Å². The summed E-state index contributed by atoms with van der Waals surface area (Å²) < 4.78 is 23.0. The van der Waals surface area contributed by atoms with Crippen molar-refractivity contribution < 1.29 is 8.42 Å². The van der Waals surface area contributed by atoms with Crippen LogP contribution in [0.15, 0.2) is 12.4 Å². The van der Waals surface area contributed by atoms with Gasteiger partial charge >= 0.3 is 0 Å². The molecule has 1 aromatic heterocycles. The molecule has 0 spiro atoms. The zero-order valence-electron chi connectivity index (χ0n) is 14.1. The van der Waals surface area contributed by atoms with Gasteiger partial charge < -0.3 is 9.80 Å². The molecule has 6 nitrogen and oxygen atoms in total. The molecule has 24 heavy (non-hydrogen) atoms. The summed E-state index contributed by atoms with van der Waals surface area (Å²) in [7, 11) is -0.721. The molecule has 0 radical (unpaired) electrons. The Morgan fingerprint density at radius 2 is 1.75 bits per heavy atom. The lowest BCUT2D eigenvalue weighted by Crippen LogP contribution is -2.45. The number of halogens is 1. The predicted octanol–water partition coefficient (Wildman–Crippen LogP) is 1.86. The van der Waals surface area contributed by atoms with Gasteiger partial charge in [0.05, 0.1) is 28.9 Å². The average Bonchev–Trinajstić information content (AvgIpc) is 2.58. The molecule has 2 saturated heterocycles. The first-order chi connectivity index (χ1) is 11.4. The molecule has 2 aliphatic rings. The van der Waals surface area contributed by atoms with Gasteiger partial charge in [-0.2, -0.15) is 0 Å². The summed E-state index contributed by atoms with van der Waals surface area (Å²) in [5.41, 5.74) is 0. The standard InChI is InChI=1S/C16H25ClN4O2S/c1-20(16-18-10-14(17)11-19-16)15-2-6-21(7-3-15)12-13-4-8-24(22,23)9-5-13/h10-11,13,15H,2-9,12H2,1H3. The maximum atomic E-state index is 11.5. The fraction of sp³-hybridized carbons (Fsp3) is 0.750. The van der Waals surface area contributed by atoms with Crippen LogP contribution in [-0.4, -0.2) is 67.5 Å². The fourth-order valence-electron chi connectivity index (χ4n) is 3.63. The van der Waals surface area contributed by atoms with Gasteiger partial charge in [-0.25, -0.2) is 18.4 Å². The van der Waals surface area contributed by atoms with Gasteiger partial charge in [-0.3, -0.25) is 0 Å². The van der Waals surface area contributed by atoms with E-state index in [9.17, 15) is 8.42 Å². The lowest BCUT2D eigenvalue weighted by Gasteiger charge is -2.38. The Morgan fingerprint density at radius 1 is 1.17 bits per heavy atom. The third-order valence-corrected chi connectivity index (χ3v) is 7.13. The van der Waals surface area contributed by atoms with E-state index in [4.69, 9.17) is 11.6 Å². The molecule has 0 saturated carbocycles. The molecule has 0 unspecified atom stereocenters. The smallest absolute Gasteiger partial charge is 0.225 e. The summed E-state index contributed by atoms with van der Waals surface area (Å²) >= 11 is 5.84. The Morgan fingerprint density at radius 3 is 2.33 bits per heavy atom. The maximum absolute atomic E-state index is 11.5. The number of anilines is 1. The Labute approximate surface area is 149 Å². The normalized spacial score (nSPS) is 23.2. The Kier molecular flexibility index (Phi) is 5.62. The van der Waals surface area contributed by atoms with E-state index in [0.717, 1.165) is 51.3 Å². The summed E-state index contributed by atoms with van der Waals surface area (Å²) in [6.07, 6.45) is 7.06. The molecule has 0 aromatic carbocycles. The summed E-state index contributed by atoms with van der Waals surface area (Å²) in [6, 6.07) is 0.439. The van der Waals surface area contributed by atoms with Gasteiger partial charge in [0.25, 0.3) is 0 Å². The third kappa shape index (κ3) is 4.58. The molecule has 8 heteroatoms. The van der Waals surface area contributed by atoms with E-state index in [1.165, 1.54) is 0 Å². The molecule has 1 aromatic rings. The summed E-state index contributed by atoms with van der Waals surface area (Å²) in [5, 5.41) is 0.552. The number of nitrogens with zero attached hydrogens (tertiary/aromatic N) is 4. The minimum absolute atomic E-state index is 0.366. The maximum Gasteiger partial charge on any atom is 0.225 e. The van der Waals surface area contributed by atoms with Crippen molar-refractivity contribution in [1.82, 2.24) is 14.9 Å².